The first-order valence-corrected chi connectivity index (χ1v) is 9.10. The molecule has 122 valence electrons. The van der Waals surface area contributed by atoms with Crippen molar-refractivity contribution in [2.24, 2.45) is 0 Å². The van der Waals surface area contributed by atoms with Crippen LogP contribution in [0, 0.1) is 0 Å². The smallest absolute Gasteiger partial charge is 0.0550 e. The van der Waals surface area contributed by atoms with Crippen molar-refractivity contribution in [2.75, 3.05) is 11.9 Å². The highest BCUT2D eigenvalue weighted by Gasteiger charge is 2.25. The number of benzene rings is 2. The Morgan fingerprint density at radius 1 is 0.696 bits per heavy atom. The van der Waals surface area contributed by atoms with Crippen LogP contribution in [0.1, 0.15) is 52.7 Å². The molecule has 3 rings (SSSR count). The molecule has 0 saturated carbocycles. The maximum Gasteiger partial charge on any atom is 0.0550 e. The van der Waals surface area contributed by atoms with Gasteiger partial charge in [-0.25, -0.2) is 0 Å². The molecule has 0 N–H and O–H groups in total. The van der Waals surface area contributed by atoms with Crippen molar-refractivity contribution in [3.8, 4) is 0 Å². The molecule has 0 bridgehead atoms. The normalized spacial score (nSPS) is 14.5. The molecular weight excluding hydrogens is 298 g/mol. The molecule has 0 aromatic heterocycles. The van der Waals surface area contributed by atoms with Crippen molar-refractivity contribution < 1.29 is 0 Å². The van der Waals surface area contributed by atoms with Gasteiger partial charge < -0.3 is 4.90 Å². The molecule has 0 fully saturated rings. The minimum atomic E-state index is 0.182. The van der Waals surface area contributed by atoms with Gasteiger partial charge in [0.2, 0.25) is 0 Å². The second-order valence-corrected chi connectivity index (χ2v) is 9.61. The van der Waals surface area contributed by atoms with Crippen molar-refractivity contribution in [3.63, 3.8) is 0 Å². The fourth-order valence-electron chi connectivity index (χ4n) is 2.93. The summed E-state index contributed by atoms with van der Waals surface area (Å²) in [6.07, 6.45) is 0. The van der Waals surface area contributed by atoms with E-state index in [1.165, 1.54) is 32.3 Å². The number of rotatable bonds is 0. The SMILES string of the molecule is CN1c2ccc(C(C)(C)C)cc2Sc2cc(C(C)(C)C)ccc21. The number of fused-ring (bicyclic) bond motifs is 2. The van der Waals surface area contributed by atoms with Crippen molar-refractivity contribution >= 4 is 23.1 Å². The maximum absolute atomic E-state index is 2.36. The van der Waals surface area contributed by atoms with Gasteiger partial charge in [0.1, 0.15) is 0 Å². The zero-order chi connectivity index (χ0) is 17.0. The third-order valence-electron chi connectivity index (χ3n) is 4.59. The molecule has 1 nitrogen and oxygen atoms in total. The van der Waals surface area contributed by atoms with E-state index >= 15 is 0 Å². The summed E-state index contributed by atoms with van der Waals surface area (Å²) < 4.78 is 0. The van der Waals surface area contributed by atoms with Crippen LogP contribution in [0.4, 0.5) is 11.4 Å². The molecule has 2 heteroatoms. The number of hydrogen-bond donors (Lipinski definition) is 0. The summed E-state index contributed by atoms with van der Waals surface area (Å²) in [4.78, 5) is 5.04. The zero-order valence-electron chi connectivity index (χ0n) is 15.3. The van der Waals surface area contributed by atoms with Crippen LogP contribution in [0.3, 0.4) is 0 Å². The van der Waals surface area contributed by atoms with E-state index < -0.39 is 0 Å². The van der Waals surface area contributed by atoms with Gasteiger partial charge in [0, 0.05) is 16.8 Å². The van der Waals surface area contributed by atoms with Crippen molar-refractivity contribution in [3.05, 3.63) is 47.5 Å². The number of hydrogen-bond acceptors (Lipinski definition) is 2. The average Bonchev–Trinajstić information content (AvgIpc) is 2.44. The Labute approximate surface area is 145 Å². The quantitative estimate of drug-likeness (QED) is 0.543. The lowest BCUT2D eigenvalue weighted by Gasteiger charge is -2.32. The molecule has 0 amide bonds. The lowest BCUT2D eigenvalue weighted by Crippen LogP contribution is -2.18. The molecule has 0 unspecified atom stereocenters. The summed E-state index contributed by atoms with van der Waals surface area (Å²) >= 11 is 1.91. The largest absolute Gasteiger partial charge is 0.343 e. The highest BCUT2D eigenvalue weighted by molar-refractivity contribution is 7.99. The summed E-state index contributed by atoms with van der Waals surface area (Å²) in [7, 11) is 2.17. The highest BCUT2D eigenvalue weighted by atomic mass is 32.2. The molecule has 0 saturated heterocycles. The minimum absolute atomic E-state index is 0.182. The predicted octanol–water partition coefficient (Wildman–Crippen LogP) is 6.51. The Bertz CT molecular complexity index is 684. The van der Waals surface area contributed by atoms with Gasteiger partial charge in [0.25, 0.3) is 0 Å². The second kappa shape index (κ2) is 5.31. The van der Waals surface area contributed by atoms with Crippen molar-refractivity contribution in [1.29, 1.82) is 0 Å². The van der Waals surface area contributed by atoms with Crippen LogP contribution in [0.2, 0.25) is 0 Å². The molecule has 2 aromatic rings. The monoisotopic (exact) mass is 325 g/mol. The Balaban J connectivity index is 2.08. The lowest BCUT2D eigenvalue weighted by atomic mass is 9.86. The molecule has 1 aliphatic heterocycles. The van der Waals surface area contributed by atoms with Crippen LogP contribution in [0.5, 0.6) is 0 Å². The maximum atomic E-state index is 2.36. The third kappa shape index (κ3) is 3.01. The molecule has 0 atom stereocenters. The van der Waals surface area contributed by atoms with Gasteiger partial charge in [-0.05, 0) is 46.2 Å². The van der Waals surface area contributed by atoms with Gasteiger partial charge in [0.15, 0.2) is 0 Å². The van der Waals surface area contributed by atoms with Crippen molar-refractivity contribution in [2.45, 2.75) is 62.2 Å². The van der Waals surface area contributed by atoms with Gasteiger partial charge in [-0.3, -0.25) is 0 Å². The van der Waals surface area contributed by atoms with E-state index in [1.54, 1.807) is 0 Å². The van der Waals surface area contributed by atoms with E-state index in [0.29, 0.717) is 0 Å². The first-order chi connectivity index (χ1) is 10.6. The molecule has 23 heavy (non-hydrogen) atoms. The number of anilines is 2. The molecule has 0 radical (unpaired) electrons. The molecule has 1 heterocycles. The van der Waals surface area contributed by atoms with Crippen LogP contribution < -0.4 is 4.90 Å². The van der Waals surface area contributed by atoms with Crippen LogP contribution in [0.25, 0.3) is 0 Å². The first kappa shape index (κ1) is 16.4. The summed E-state index contributed by atoms with van der Waals surface area (Å²) in [5.74, 6) is 0. The first-order valence-electron chi connectivity index (χ1n) is 8.28. The van der Waals surface area contributed by atoms with Gasteiger partial charge in [0.05, 0.1) is 11.4 Å². The molecule has 1 aliphatic rings. The third-order valence-corrected chi connectivity index (χ3v) is 5.69. The standard InChI is InChI=1S/C21H27NS/c1-20(2,3)14-8-10-16-18(12-14)23-19-13-15(21(4,5)6)9-11-17(19)22(16)7/h8-13H,1-7H3. The summed E-state index contributed by atoms with van der Waals surface area (Å²) in [6, 6.07) is 13.8. The molecule has 0 aliphatic carbocycles. The topological polar surface area (TPSA) is 3.24 Å². The van der Waals surface area contributed by atoms with Crippen LogP contribution >= 0.6 is 11.8 Å². The summed E-state index contributed by atoms with van der Waals surface area (Å²) in [6.45, 7) is 13.7. The van der Waals surface area contributed by atoms with Gasteiger partial charge in [-0.2, -0.15) is 0 Å². The van der Waals surface area contributed by atoms with E-state index in [0.717, 1.165) is 0 Å². The van der Waals surface area contributed by atoms with Crippen LogP contribution in [-0.2, 0) is 10.8 Å². The van der Waals surface area contributed by atoms with E-state index in [1.807, 2.05) is 11.8 Å². The molecular formula is C21H27NS. The molecule has 2 aromatic carbocycles. The second-order valence-electron chi connectivity index (χ2n) is 8.53. The predicted molar refractivity (Wildman–Crippen MR) is 102 cm³/mol. The van der Waals surface area contributed by atoms with Crippen LogP contribution in [0.15, 0.2) is 46.2 Å². The number of nitrogens with zero attached hydrogens (tertiary/aromatic N) is 1. The van der Waals surface area contributed by atoms with Gasteiger partial charge >= 0.3 is 0 Å². The van der Waals surface area contributed by atoms with Crippen LogP contribution in [-0.4, -0.2) is 7.05 Å². The van der Waals surface area contributed by atoms with Gasteiger partial charge in [-0.15, -0.1) is 0 Å². The highest BCUT2D eigenvalue weighted by Crippen LogP contribution is 2.49. The van der Waals surface area contributed by atoms with Crippen molar-refractivity contribution in [1.82, 2.24) is 0 Å². The fraction of sp³-hybridized carbons (Fsp3) is 0.429. The fourth-order valence-corrected chi connectivity index (χ4v) is 4.15. The Kier molecular flexibility index (Phi) is 3.79. The van der Waals surface area contributed by atoms with E-state index in [4.69, 9.17) is 0 Å². The minimum Gasteiger partial charge on any atom is -0.343 e. The lowest BCUT2D eigenvalue weighted by molar-refractivity contribution is 0.588. The molecule has 0 spiro atoms. The Morgan fingerprint density at radius 3 is 1.43 bits per heavy atom. The van der Waals surface area contributed by atoms with E-state index in [-0.39, 0.29) is 10.8 Å². The zero-order valence-corrected chi connectivity index (χ0v) is 16.1. The Hall–Kier alpha value is -1.41. The Morgan fingerprint density at radius 2 is 1.09 bits per heavy atom. The van der Waals surface area contributed by atoms with E-state index in [2.05, 4.69) is 89.9 Å². The summed E-state index contributed by atoms with van der Waals surface area (Å²) in [5, 5.41) is 0. The van der Waals surface area contributed by atoms with E-state index in [9.17, 15) is 0 Å². The summed E-state index contributed by atoms with van der Waals surface area (Å²) in [5.41, 5.74) is 5.77. The average molecular weight is 326 g/mol. The van der Waals surface area contributed by atoms with Gasteiger partial charge in [-0.1, -0.05) is 65.4 Å².